The van der Waals surface area contributed by atoms with Gasteiger partial charge in [-0.2, -0.15) is 0 Å². The van der Waals surface area contributed by atoms with Gasteiger partial charge in [0.1, 0.15) is 29.5 Å². The number of hydrogen-bond acceptors (Lipinski definition) is 5. The van der Waals surface area contributed by atoms with Crippen LogP contribution in [0.3, 0.4) is 0 Å². The molecule has 38 heavy (non-hydrogen) atoms. The third-order valence-electron chi connectivity index (χ3n) is 7.53. The van der Waals surface area contributed by atoms with Crippen molar-refractivity contribution in [3.05, 3.63) is 90.3 Å². The first-order chi connectivity index (χ1) is 18.5. The Hall–Kier alpha value is -4.51. The molecule has 0 amide bonds. The molecule has 0 bridgehead atoms. The highest BCUT2D eigenvalue weighted by molar-refractivity contribution is 6.13. The number of fused-ring (bicyclic) bond motifs is 3. The minimum atomic E-state index is 0.420. The summed E-state index contributed by atoms with van der Waals surface area (Å²) in [5.74, 6) is 0.840. The molecular formula is C33H28N4O. The average Bonchev–Trinajstić information content (AvgIpc) is 3.31. The van der Waals surface area contributed by atoms with Gasteiger partial charge in [-0.05, 0) is 64.7 Å². The maximum absolute atomic E-state index is 6.52. The average molecular weight is 497 g/mol. The second kappa shape index (κ2) is 8.52. The van der Waals surface area contributed by atoms with E-state index in [1.165, 1.54) is 16.5 Å². The van der Waals surface area contributed by atoms with Crippen LogP contribution in [0.5, 0.6) is 0 Å². The zero-order chi connectivity index (χ0) is 26.0. The highest BCUT2D eigenvalue weighted by Gasteiger charge is 2.21. The monoisotopic (exact) mass is 496 g/mol. The molecule has 1 aliphatic rings. The normalized spacial score (nSPS) is 13.1. The number of aromatic nitrogens is 2. The van der Waals surface area contributed by atoms with Crippen LogP contribution < -0.4 is 4.90 Å². The van der Waals surface area contributed by atoms with Crippen molar-refractivity contribution in [2.45, 2.75) is 39.5 Å². The number of nitrogens with zero attached hydrogens (tertiary/aromatic N) is 4. The standard InChI is InChI=1S/C33H28N4O/c1-19(2)22-13-23(20(3)4)15-24(14-22)31-33-32(35-17-34-31)26-12-11-25(16-29(26)38-33)37-18-36-27-9-5-7-21-8-6-10-28(37)30(21)27/h5-20H,1-4H3. The first-order valence-electron chi connectivity index (χ1n) is 13.2. The molecular weight excluding hydrogens is 468 g/mol. The minimum absolute atomic E-state index is 0.420. The molecule has 186 valence electrons. The molecule has 7 rings (SSSR count). The number of benzene rings is 4. The SMILES string of the molecule is CC(C)c1cc(-c2ncnc3c2oc2cc(N4C=Nc5cccc6cccc4c56)ccc23)cc(C(C)C)c1. The van der Waals surface area contributed by atoms with Crippen LogP contribution >= 0.6 is 0 Å². The van der Waals surface area contributed by atoms with Crippen molar-refractivity contribution >= 4 is 56.2 Å². The molecule has 3 heterocycles. The van der Waals surface area contributed by atoms with Crippen LogP contribution in [0.2, 0.25) is 0 Å². The lowest BCUT2D eigenvalue weighted by molar-refractivity contribution is 0.667. The molecule has 0 aliphatic carbocycles. The maximum Gasteiger partial charge on any atom is 0.180 e. The molecule has 5 heteroatoms. The molecule has 0 atom stereocenters. The third kappa shape index (κ3) is 3.50. The fourth-order valence-electron chi connectivity index (χ4n) is 5.40. The molecule has 1 aliphatic heterocycles. The van der Waals surface area contributed by atoms with Crippen LogP contribution in [0.4, 0.5) is 17.1 Å². The van der Waals surface area contributed by atoms with E-state index in [4.69, 9.17) is 14.4 Å². The van der Waals surface area contributed by atoms with Gasteiger partial charge in [0, 0.05) is 22.4 Å². The number of hydrogen-bond donors (Lipinski definition) is 0. The first-order valence-corrected chi connectivity index (χ1v) is 13.2. The Bertz CT molecular complexity index is 1870. The number of rotatable bonds is 4. The summed E-state index contributed by atoms with van der Waals surface area (Å²) in [5, 5.41) is 3.31. The zero-order valence-corrected chi connectivity index (χ0v) is 21.9. The Labute approximate surface area is 221 Å². The van der Waals surface area contributed by atoms with Crippen molar-refractivity contribution in [2.75, 3.05) is 4.90 Å². The molecule has 0 saturated carbocycles. The van der Waals surface area contributed by atoms with Gasteiger partial charge in [0.25, 0.3) is 0 Å². The summed E-state index contributed by atoms with van der Waals surface area (Å²) in [7, 11) is 0. The highest BCUT2D eigenvalue weighted by Crippen LogP contribution is 2.42. The highest BCUT2D eigenvalue weighted by atomic mass is 16.3. The molecule has 0 N–H and O–H groups in total. The molecule has 5 nitrogen and oxygen atoms in total. The lowest BCUT2D eigenvalue weighted by atomic mass is 9.92. The summed E-state index contributed by atoms with van der Waals surface area (Å²) in [4.78, 5) is 16.2. The van der Waals surface area contributed by atoms with Gasteiger partial charge in [-0.25, -0.2) is 15.0 Å². The first kappa shape index (κ1) is 22.7. The van der Waals surface area contributed by atoms with E-state index in [2.05, 4.69) is 110 Å². The molecule has 0 saturated heterocycles. The summed E-state index contributed by atoms with van der Waals surface area (Å²) in [6.07, 6.45) is 3.53. The van der Waals surface area contributed by atoms with Gasteiger partial charge in [-0.1, -0.05) is 58.0 Å². The van der Waals surface area contributed by atoms with E-state index in [1.807, 2.05) is 6.34 Å². The van der Waals surface area contributed by atoms with E-state index in [9.17, 15) is 0 Å². The second-order valence-corrected chi connectivity index (χ2v) is 10.6. The summed E-state index contributed by atoms with van der Waals surface area (Å²) < 4.78 is 6.52. The number of anilines is 2. The molecule has 2 aromatic heterocycles. The Morgan fingerprint density at radius 3 is 2.32 bits per heavy atom. The molecule has 0 fully saturated rings. The number of aliphatic imine (C=N–C) groups is 1. The van der Waals surface area contributed by atoms with Crippen molar-refractivity contribution in [2.24, 2.45) is 4.99 Å². The van der Waals surface area contributed by atoms with Crippen molar-refractivity contribution in [3.63, 3.8) is 0 Å². The predicted octanol–water partition coefficient (Wildman–Crippen LogP) is 9.25. The summed E-state index contributed by atoms with van der Waals surface area (Å²) >= 11 is 0. The largest absolute Gasteiger partial charge is 0.452 e. The predicted molar refractivity (Wildman–Crippen MR) is 157 cm³/mol. The fraction of sp³-hybridized carbons (Fsp3) is 0.182. The molecule has 6 aromatic rings. The van der Waals surface area contributed by atoms with E-state index in [-0.39, 0.29) is 0 Å². The molecule has 0 unspecified atom stereocenters. The Morgan fingerprint density at radius 2 is 1.55 bits per heavy atom. The molecule has 0 radical (unpaired) electrons. The van der Waals surface area contributed by atoms with Gasteiger partial charge in [0.2, 0.25) is 0 Å². The molecule has 0 spiro atoms. The van der Waals surface area contributed by atoms with Crippen LogP contribution in [-0.4, -0.2) is 16.3 Å². The number of furan rings is 1. The van der Waals surface area contributed by atoms with Gasteiger partial charge < -0.3 is 9.32 Å². The van der Waals surface area contributed by atoms with Gasteiger partial charge in [-0.3, -0.25) is 0 Å². The zero-order valence-electron chi connectivity index (χ0n) is 21.9. The topological polar surface area (TPSA) is 54.5 Å². The third-order valence-corrected chi connectivity index (χ3v) is 7.53. The van der Waals surface area contributed by atoms with Crippen molar-refractivity contribution in [3.8, 4) is 11.3 Å². The van der Waals surface area contributed by atoms with Gasteiger partial charge in [-0.15, -0.1) is 0 Å². The van der Waals surface area contributed by atoms with Crippen molar-refractivity contribution < 1.29 is 4.42 Å². The van der Waals surface area contributed by atoms with Crippen molar-refractivity contribution in [1.82, 2.24) is 9.97 Å². The maximum atomic E-state index is 6.52. The van der Waals surface area contributed by atoms with Crippen LogP contribution in [0, 0.1) is 0 Å². The van der Waals surface area contributed by atoms with E-state index in [0.29, 0.717) is 11.8 Å². The summed E-state index contributed by atoms with van der Waals surface area (Å²) in [5.41, 5.74) is 9.91. The van der Waals surface area contributed by atoms with Crippen LogP contribution in [0.1, 0.15) is 50.7 Å². The minimum Gasteiger partial charge on any atom is -0.452 e. The van der Waals surface area contributed by atoms with Gasteiger partial charge in [0.05, 0.1) is 17.1 Å². The fourth-order valence-corrected chi connectivity index (χ4v) is 5.40. The van der Waals surface area contributed by atoms with Crippen LogP contribution in [0.15, 0.2) is 88.5 Å². The van der Waals surface area contributed by atoms with E-state index < -0.39 is 0 Å². The lowest BCUT2D eigenvalue weighted by Crippen LogP contribution is -2.16. The van der Waals surface area contributed by atoms with Gasteiger partial charge >= 0.3 is 0 Å². The van der Waals surface area contributed by atoms with Crippen molar-refractivity contribution in [1.29, 1.82) is 0 Å². The lowest BCUT2D eigenvalue weighted by Gasteiger charge is -2.25. The van der Waals surface area contributed by atoms with Gasteiger partial charge in [0.15, 0.2) is 5.58 Å². The van der Waals surface area contributed by atoms with Crippen LogP contribution in [-0.2, 0) is 0 Å². The smallest absolute Gasteiger partial charge is 0.180 e. The summed E-state index contributed by atoms with van der Waals surface area (Å²) in [6, 6.07) is 25.6. The van der Waals surface area contributed by atoms with E-state index in [1.54, 1.807) is 6.33 Å². The summed E-state index contributed by atoms with van der Waals surface area (Å²) in [6.45, 7) is 8.91. The quantitative estimate of drug-likeness (QED) is 0.244. The van der Waals surface area contributed by atoms with E-state index >= 15 is 0 Å². The van der Waals surface area contributed by atoms with Crippen LogP contribution in [0.25, 0.3) is 44.1 Å². The second-order valence-electron chi connectivity index (χ2n) is 10.6. The Morgan fingerprint density at radius 1 is 0.789 bits per heavy atom. The van der Waals surface area contributed by atoms with E-state index in [0.717, 1.165) is 55.8 Å². The Balaban J connectivity index is 1.39. The Kier molecular flexibility index (Phi) is 5.08. The molecule has 4 aromatic carbocycles.